The van der Waals surface area contributed by atoms with Gasteiger partial charge < -0.3 is 20.3 Å². The number of nitrogens with zero attached hydrogens (tertiary/aromatic N) is 2. The molecule has 0 saturated heterocycles. The lowest BCUT2D eigenvalue weighted by molar-refractivity contribution is -0.0504. The average Bonchev–Trinajstić information content (AvgIpc) is 2.56. The van der Waals surface area contributed by atoms with Gasteiger partial charge in [0, 0.05) is 32.2 Å². The van der Waals surface area contributed by atoms with Crippen LogP contribution in [0.15, 0.2) is 29.3 Å². The summed E-state index contributed by atoms with van der Waals surface area (Å²) in [6, 6.07) is 6.73. The number of benzene rings is 1. The van der Waals surface area contributed by atoms with E-state index in [2.05, 4.69) is 39.2 Å². The Labute approximate surface area is 143 Å². The van der Waals surface area contributed by atoms with Gasteiger partial charge in [-0.2, -0.15) is 8.78 Å². The van der Waals surface area contributed by atoms with Crippen molar-refractivity contribution in [2.45, 2.75) is 32.9 Å². The van der Waals surface area contributed by atoms with Gasteiger partial charge in [-0.3, -0.25) is 4.99 Å². The molecule has 0 fully saturated rings. The predicted octanol–water partition coefficient (Wildman–Crippen LogP) is 2.68. The summed E-state index contributed by atoms with van der Waals surface area (Å²) in [6.07, 6.45) is 2.37. The molecule has 0 saturated carbocycles. The SMILES string of the molecule is CCCCN(C)CCNC(=NC)NCc1ccccc1OC(F)F. The summed E-state index contributed by atoms with van der Waals surface area (Å²) in [4.78, 5) is 6.40. The van der Waals surface area contributed by atoms with Crippen LogP contribution < -0.4 is 15.4 Å². The molecule has 2 N–H and O–H groups in total. The van der Waals surface area contributed by atoms with Gasteiger partial charge in [-0.15, -0.1) is 0 Å². The third-order valence-corrected chi connectivity index (χ3v) is 3.54. The van der Waals surface area contributed by atoms with Crippen molar-refractivity contribution < 1.29 is 13.5 Å². The third-order valence-electron chi connectivity index (χ3n) is 3.54. The van der Waals surface area contributed by atoms with E-state index in [-0.39, 0.29) is 5.75 Å². The zero-order valence-corrected chi connectivity index (χ0v) is 14.7. The normalized spacial score (nSPS) is 11.9. The molecule has 1 aromatic carbocycles. The van der Waals surface area contributed by atoms with Crippen molar-refractivity contribution in [3.63, 3.8) is 0 Å². The Kier molecular flexibility index (Phi) is 9.76. The highest BCUT2D eigenvalue weighted by atomic mass is 19.3. The number of rotatable bonds is 10. The van der Waals surface area contributed by atoms with E-state index >= 15 is 0 Å². The van der Waals surface area contributed by atoms with Crippen molar-refractivity contribution >= 4 is 5.96 Å². The topological polar surface area (TPSA) is 48.9 Å². The number of unbranched alkanes of at least 4 members (excludes halogenated alkanes) is 1. The average molecular weight is 342 g/mol. The van der Waals surface area contributed by atoms with Crippen LogP contribution >= 0.6 is 0 Å². The number of para-hydroxylation sites is 1. The Morgan fingerprint density at radius 2 is 2.00 bits per heavy atom. The Morgan fingerprint density at radius 1 is 1.25 bits per heavy atom. The lowest BCUT2D eigenvalue weighted by atomic mass is 10.2. The monoisotopic (exact) mass is 342 g/mol. The second kappa shape index (κ2) is 11.6. The van der Waals surface area contributed by atoms with Gasteiger partial charge in [0.05, 0.1) is 0 Å². The summed E-state index contributed by atoms with van der Waals surface area (Å²) < 4.78 is 29.3. The van der Waals surface area contributed by atoms with E-state index in [4.69, 9.17) is 0 Å². The molecule has 0 aliphatic carbocycles. The van der Waals surface area contributed by atoms with Gasteiger partial charge in [-0.1, -0.05) is 31.5 Å². The number of hydrogen-bond acceptors (Lipinski definition) is 3. The lowest BCUT2D eigenvalue weighted by Gasteiger charge is -2.18. The fourth-order valence-corrected chi connectivity index (χ4v) is 2.17. The zero-order chi connectivity index (χ0) is 17.8. The Morgan fingerprint density at radius 3 is 2.67 bits per heavy atom. The van der Waals surface area contributed by atoms with Crippen LogP contribution in [0.5, 0.6) is 5.75 Å². The van der Waals surface area contributed by atoms with Gasteiger partial charge >= 0.3 is 6.61 Å². The molecule has 1 rings (SSSR count). The number of aliphatic imine (C=N–C) groups is 1. The fraction of sp³-hybridized carbons (Fsp3) is 0.588. The minimum atomic E-state index is -2.83. The van der Waals surface area contributed by atoms with Crippen LogP contribution in [0, 0.1) is 0 Å². The van der Waals surface area contributed by atoms with Crippen LogP contribution in [0.4, 0.5) is 8.78 Å². The highest BCUT2D eigenvalue weighted by molar-refractivity contribution is 5.79. The second-order valence-electron chi connectivity index (χ2n) is 5.50. The van der Waals surface area contributed by atoms with E-state index in [1.807, 2.05) is 0 Å². The molecule has 0 radical (unpaired) electrons. The van der Waals surface area contributed by atoms with Crippen LogP contribution in [0.3, 0.4) is 0 Å². The molecule has 0 aliphatic rings. The molecule has 136 valence electrons. The Hall–Kier alpha value is -1.89. The number of guanidine groups is 1. The first-order chi connectivity index (χ1) is 11.6. The highest BCUT2D eigenvalue weighted by Gasteiger charge is 2.09. The van der Waals surface area contributed by atoms with Crippen molar-refractivity contribution in [1.29, 1.82) is 0 Å². The van der Waals surface area contributed by atoms with Crippen molar-refractivity contribution in [1.82, 2.24) is 15.5 Å². The summed E-state index contributed by atoms with van der Waals surface area (Å²) in [7, 11) is 3.77. The predicted molar refractivity (Wildman–Crippen MR) is 93.7 cm³/mol. The summed E-state index contributed by atoms with van der Waals surface area (Å²) in [6.45, 7) is 2.44. The summed E-state index contributed by atoms with van der Waals surface area (Å²) in [5.41, 5.74) is 0.654. The van der Waals surface area contributed by atoms with E-state index in [1.165, 1.54) is 18.9 Å². The lowest BCUT2D eigenvalue weighted by Crippen LogP contribution is -2.40. The van der Waals surface area contributed by atoms with E-state index in [0.717, 1.165) is 19.6 Å². The van der Waals surface area contributed by atoms with Gasteiger partial charge in [0.15, 0.2) is 5.96 Å². The standard InChI is InChI=1S/C17H28F2N4O/c1-4-5-11-23(3)12-10-21-17(20-2)22-13-14-8-6-7-9-15(14)24-16(18)19/h6-9,16H,4-5,10-13H2,1-3H3,(H2,20,21,22). The number of nitrogens with one attached hydrogen (secondary N) is 2. The number of hydrogen-bond donors (Lipinski definition) is 2. The first-order valence-electron chi connectivity index (χ1n) is 8.22. The first kappa shape index (κ1) is 20.2. The zero-order valence-electron chi connectivity index (χ0n) is 14.7. The maximum Gasteiger partial charge on any atom is 0.387 e. The molecule has 0 atom stereocenters. The Bertz CT molecular complexity index is 497. The smallest absolute Gasteiger partial charge is 0.387 e. The number of alkyl halides is 2. The number of halogens is 2. The number of ether oxygens (including phenoxy) is 1. The minimum Gasteiger partial charge on any atom is -0.434 e. The molecular formula is C17H28F2N4O. The van der Waals surface area contributed by atoms with E-state index in [1.54, 1.807) is 25.2 Å². The minimum absolute atomic E-state index is 0.176. The molecule has 7 heteroatoms. The molecule has 24 heavy (non-hydrogen) atoms. The molecule has 0 heterocycles. The van der Waals surface area contributed by atoms with Crippen LogP contribution in [0.1, 0.15) is 25.3 Å². The first-order valence-corrected chi connectivity index (χ1v) is 8.22. The summed E-state index contributed by atoms with van der Waals surface area (Å²) >= 11 is 0. The van der Waals surface area contributed by atoms with E-state index in [0.29, 0.717) is 18.1 Å². The van der Waals surface area contributed by atoms with Gasteiger partial charge in [0.1, 0.15) is 5.75 Å². The quantitative estimate of drug-likeness (QED) is 0.507. The van der Waals surface area contributed by atoms with Gasteiger partial charge in [-0.25, -0.2) is 0 Å². The molecule has 1 aromatic rings. The van der Waals surface area contributed by atoms with Crippen molar-refractivity contribution in [2.24, 2.45) is 4.99 Å². The van der Waals surface area contributed by atoms with Gasteiger partial charge in [0.25, 0.3) is 0 Å². The van der Waals surface area contributed by atoms with Gasteiger partial charge in [-0.05, 0) is 26.1 Å². The third kappa shape index (κ3) is 8.10. The second-order valence-corrected chi connectivity index (χ2v) is 5.50. The molecule has 0 spiro atoms. The summed E-state index contributed by atoms with van der Waals surface area (Å²) in [5, 5.41) is 6.33. The molecule has 0 aromatic heterocycles. The largest absolute Gasteiger partial charge is 0.434 e. The summed E-state index contributed by atoms with van der Waals surface area (Å²) in [5.74, 6) is 0.806. The highest BCUT2D eigenvalue weighted by Crippen LogP contribution is 2.19. The molecule has 0 aliphatic heterocycles. The van der Waals surface area contributed by atoms with Gasteiger partial charge in [0.2, 0.25) is 0 Å². The Balaban J connectivity index is 2.42. The van der Waals surface area contributed by atoms with Crippen LogP contribution in [0.25, 0.3) is 0 Å². The van der Waals surface area contributed by atoms with Crippen LogP contribution in [-0.4, -0.2) is 51.2 Å². The molecule has 0 bridgehead atoms. The van der Waals surface area contributed by atoms with Crippen LogP contribution in [-0.2, 0) is 6.54 Å². The van der Waals surface area contributed by atoms with Crippen molar-refractivity contribution in [2.75, 3.05) is 33.7 Å². The maximum absolute atomic E-state index is 12.4. The molecule has 0 amide bonds. The maximum atomic E-state index is 12.4. The molecule has 0 unspecified atom stereocenters. The fourth-order valence-electron chi connectivity index (χ4n) is 2.17. The molecular weight excluding hydrogens is 314 g/mol. The van der Waals surface area contributed by atoms with Crippen molar-refractivity contribution in [3.8, 4) is 5.75 Å². The van der Waals surface area contributed by atoms with Crippen molar-refractivity contribution in [3.05, 3.63) is 29.8 Å². The number of likely N-dealkylation sites (N-methyl/N-ethyl adjacent to an activating group) is 1. The van der Waals surface area contributed by atoms with E-state index in [9.17, 15) is 8.78 Å². The van der Waals surface area contributed by atoms with E-state index < -0.39 is 6.61 Å². The molecule has 5 nitrogen and oxygen atoms in total. The van der Waals surface area contributed by atoms with Crippen LogP contribution in [0.2, 0.25) is 0 Å².